The second-order valence-electron chi connectivity index (χ2n) is 17.1. The molecule has 342 valence electrons. The largest absolute Gasteiger partial charge is 0.493 e. The fraction of sp³-hybridized carbons (Fsp3) is 0.500. The maximum atomic E-state index is 14.7. The summed E-state index contributed by atoms with van der Waals surface area (Å²) in [7, 11) is 6.49. The number of esters is 2. The summed E-state index contributed by atoms with van der Waals surface area (Å²) in [4.78, 5) is 85.1. The van der Waals surface area contributed by atoms with E-state index in [1.807, 2.05) is 62.3 Å². The van der Waals surface area contributed by atoms with Gasteiger partial charge in [0, 0.05) is 42.9 Å². The van der Waals surface area contributed by atoms with Crippen LogP contribution in [-0.4, -0.2) is 112 Å². The van der Waals surface area contributed by atoms with E-state index in [-0.39, 0.29) is 39.0 Å². The summed E-state index contributed by atoms with van der Waals surface area (Å²) in [6.45, 7) is 9.92. The van der Waals surface area contributed by atoms with Crippen molar-refractivity contribution in [1.82, 2.24) is 20.4 Å². The van der Waals surface area contributed by atoms with Gasteiger partial charge in [-0.3, -0.25) is 19.2 Å². The van der Waals surface area contributed by atoms with Gasteiger partial charge in [-0.2, -0.15) is 0 Å². The number of rotatable bonds is 17. The van der Waals surface area contributed by atoms with Crippen LogP contribution >= 0.6 is 0 Å². The molecule has 3 aromatic rings. The third-order valence-corrected chi connectivity index (χ3v) is 10.3. The number of nitrogens with one attached hydrogen (secondary N) is 2. The number of hydrogen-bond acceptors (Lipinski definition) is 12. The molecule has 3 aromatic carbocycles. The number of fused-ring (bicyclic) bond motifs is 5. The van der Waals surface area contributed by atoms with Gasteiger partial charge in [-0.1, -0.05) is 56.3 Å². The third kappa shape index (κ3) is 15.1. The molecular weight excluding hydrogens is 809 g/mol. The summed E-state index contributed by atoms with van der Waals surface area (Å²) in [6, 6.07) is 17.5. The fourth-order valence-corrected chi connectivity index (χ4v) is 7.09. The van der Waals surface area contributed by atoms with Crippen LogP contribution < -0.4 is 20.1 Å². The van der Waals surface area contributed by atoms with E-state index in [1.54, 1.807) is 58.0 Å². The zero-order chi connectivity index (χ0) is 46.3. The summed E-state index contributed by atoms with van der Waals surface area (Å²) in [6.07, 6.45) is -0.0461. The number of nitrogens with zero attached hydrogens (tertiary/aromatic N) is 2. The molecule has 15 heteroatoms. The van der Waals surface area contributed by atoms with Gasteiger partial charge in [0.15, 0.2) is 5.78 Å². The number of Topliss-reactive ketones (excluding diaryl/α,β-unsaturated/α-hetero) is 1. The minimum atomic E-state index is -1.21. The quantitative estimate of drug-likeness (QED) is 0.0912. The van der Waals surface area contributed by atoms with Gasteiger partial charge in [0.25, 0.3) is 0 Å². The van der Waals surface area contributed by atoms with Gasteiger partial charge in [0.1, 0.15) is 42.4 Å². The predicted octanol–water partition coefficient (Wildman–Crippen LogP) is 6.06. The zero-order valence-electron chi connectivity index (χ0n) is 38.1. The smallest absolute Gasteiger partial charge is 0.407 e. The van der Waals surface area contributed by atoms with E-state index >= 15 is 0 Å². The normalized spacial score (nSPS) is 17.1. The lowest BCUT2D eigenvalue weighted by atomic mass is 9.89. The van der Waals surface area contributed by atoms with Crippen molar-refractivity contribution in [2.24, 2.45) is 11.8 Å². The summed E-state index contributed by atoms with van der Waals surface area (Å²) < 4.78 is 28.6. The van der Waals surface area contributed by atoms with Crippen LogP contribution in [0.25, 0.3) is 11.1 Å². The van der Waals surface area contributed by atoms with Crippen LogP contribution in [0.5, 0.6) is 11.5 Å². The molecule has 1 aliphatic heterocycles. The van der Waals surface area contributed by atoms with Crippen molar-refractivity contribution in [3.8, 4) is 22.6 Å². The van der Waals surface area contributed by atoms with Crippen molar-refractivity contribution < 1.29 is 52.5 Å². The number of ketones is 1. The van der Waals surface area contributed by atoms with E-state index in [9.17, 15) is 28.8 Å². The molecule has 4 bridgehead atoms. The number of likely N-dealkylation sites (N-methyl/N-ethyl adjacent to an activating group) is 1. The Bertz CT molecular complexity index is 2050. The Morgan fingerprint density at radius 3 is 2.21 bits per heavy atom. The standard InChI is InChI=1S/C48H64N4O11/c1-10-23-60-41-19-17-34-28-37(41)36-26-33(16-18-40(36)61-24-21-49-47(58)63-48(3,4)5)27-38(46(57)59-9)50-44(55)31(2)25-39(53)43(34)52(8)45(56)35(20-22-51(6)7)29-42(54)62-30-32-14-12-11-13-15-32/h11-19,26,28,31,35,38,43H,10,20-25,27,29-30H2,1-9H3,(H,49,58)(H,50,55)/t31-,35-,38+,43+/m1/s1. The molecule has 0 spiro atoms. The van der Waals surface area contributed by atoms with Gasteiger partial charge in [-0.15, -0.1) is 0 Å². The second-order valence-corrected chi connectivity index (χ2v) is 17.1. The Morgan fingerprint density at radius 1 is 0.889 bits per heavy atom. The van der Waals surface area contributed by atoms with Crippen LogP contribution in [0.4, 0.5) is 4.79 Å². The van der Waals surface area contributed by atoms with E-state index in [0.717, 1.165) is 5.56 Å². The van der Waals surface area contributed by atoms with Crippen molar-refractivity contribution in [3.63, 3.8) is 0 Å². The number of amides is 3. The van der Waals surface area contributed by atoms with Crippen LogP contribution in [0, 0.1) is 11.8 Å². The number of ether oxygens (including phenoxy) is 5. The Morgan fingerprint density at radius 2 is 1.56 bits per heavy atom. The lowest BCUT2D eigenvalue weighted by Crippen LogP contribution is -2.46. The molecule has 4 atom stereocenters. The maximum absolute atomic E-state index is 14.7. The molecule has 2 N–H and O–H groups in total. The van der Waals surface area contributed by atoms with Crippen molar-refractivity contribution in [1.29, 1.82) is 0 Å². The number of benzene rings is 3. The number of carbonyl (C=O) groups excluding carboxylic acids is 6. The van der Waals surface area contributed by atoms with Gasteiger partial charge < -0.3 is 44.1 Å². The van der Waals surface area contributed by atoms with Crippen molar-refractivity contribution in [3.05, 3.63) is 83.4 Å². The molecule has 0 fully saturated rings. The van der Waals surface area contributed by atoms with E-state index in [2.05, 4.69) is 10.6 Å². The van der Waals surface area contributed by atoms with E-state index < -0.39 is 65.1 Å². The lowest BCUT2D eigenvalue weighted by Gasteiger charge is -2.32. The first-order valence-corrected chi connectivity index (χ1v) is 21.4. The Labute approximate surface area is 371 Å². The SMILES string of the molecule is CCCOc1ccc2cc1-c1cc(ccc1OCCNC(=O)OC(C)(C)C)C[C@@H](C(=O)OC)NC(=O)[C@H](C)CC(=O)[C@H]2N(C)C(=O)[C@H](CCN(C)C)CC(=O)OCc1ccccc1. The Kier molecular flexibility index (Phi) is 18.5. The van der Waals surface area contributed by atoms with Crippen LogP contribution in [0.3, 0.4) is 0 Å². The van der Waals surface area contributed by atoms with Crippen molar-refractivity contribution >= 4 is 35.6 Å². The van der Waals surface area contributed by atoms with Crippen LogP contribution in [0.15, 0.2) is 66.7 Å². The summed E-state index contributed by atoms with van der Waals surface area (Å²) in [5, 5.41) is 5.47. The predicted molar refractivity (Wildman–Crippen MR) is 237 cm³/mol. The molecule has 0 aliphatic carbocycles. The molecule has 1 aliphatic rings. The molecule has 15 nitrogen and oxygen atoms in total. The summed E-state index contributed by atoms with van der Waals surface area (Å²) in [5.74, 6) is -3.55. The molecule has 4 rings (SSSR count). The van der Waals surface area contributed by atoms with E-state index in [1.165, 1.54) is 19.1 Å². The van der Waals surface area contributed by atoms with E-state index in [4.69, 9.17) is 23.7 Å². The molecule has 0 saturated heterocycles. The van der Waals surface area contributed by atoms with Crippen LogP contribution in [0.1, 0.15) is 83.0 Å². The number of hydrogen-bond donors (Lipinski definition) is 2. The molecule has 63 heavy (non-hydrogen) atoms. The topological polar surface area (TPSA) is 179 Å². The van der Waals surface area contributed by atoms with Gasteiger partial charge in [0.2, 0.25) is 11.8 Å². The molecule has 0 unspecified atom stereocenters. The number of methoxy groups -OCH3 is 1. The van der Waals surface area contributed by atoms with Gasteiger partial charge in [0.05, 0.1) is 26.7 Å². The summed E-state index contributed by atoms with van der Waals surface area (Å²) >= 11 is 0. The average molecular weight is 873 g/mol. The van der Waals surface area contributed by atoms with Gasteiger partial charge >= 0.3 is 18.0 Å². The van der Waals surface area contributed by atoms with Crippen LogP contribution in [0.2, 0.25) is 0 Å². The Hall–Kier alpha value is -5.96. The maximum Gasteiger partial charge on any atom is 0.407 e. The minimum Gasteiger partial charge on any atom is -0.493 e. The van der Waals surface area contributed by atoms with E-state index in [0.29, 0.717) is 59.7 Å². The molecular formula is C48H64N4O11. The highest BCUT2D eigenvalue weighted by Gasteiger charge is 2.36. The number of alkyl carbamates (subject to hydrolysis) is 1. The highest BCUT2D eigenvalue weighted by molar-refractivity contribution is 5.95. The van der Waals surface area contributed by atoms with Crippen molar-refractivity contribution in [2.75, 3.05) is 54.6 Å². The monoisotopic (exact) mass is 872 g/mol. The molecule has 0 saturated carbocycles. The first-order chi connectivity index (χ1) is 29.9. The zero-order valence-corrected chi connectivity index (χ0v) is 38.1. The summed E-state index contributed by atoms with van der Waals surface area (Å²) in [5.41, 5.74) is 2.27. The molecule has 0 radical (unpaired) electrons. The first-order valence-electron chi connectivity index (χ1n) is 21.4. The molecule has 1 heterocycles. The second kappa shape index (κ2) is 23.5. The Balaban J connectivity index is 1.82. The number of carbonyl (C=O) groups is 6. The minimum absolute atomic E-state index is 0.0460. The highest BCUT2D eigenvalue weighted by atomic mass is 16.6. The highest BCUT2D eigenvalue weighted by Crippen LogP contribution is 2.41. The third-order valence-electron chi connectivity index (χ3n) is 10.3. The first kappa shape index (κ1) is 49.7. The fourth-order valence-electron chi connectivity index (χ4n) is 7.09. The van der Waals surface area contributed by atoms with Gasteiger partial charge in [-0.25, -0.2) is 9.59 Å². The average Bonchev–Trinajstić information content (AvgIpc) is 3.24. The lowest BCUT2D eigenvalue weighted by molar-refractivity contribution is -0.151. The molecule has 3 amide bonds. The van der Waals surface area contributed by atoms with Gasteiger partial charge in [-0.05, 0) is 95.2 Å². The molecule has 0 aromatic heterocycles. The van der Waals surface area contributed by atoms with Crippen LogP contribution in [-0.2, 0) is 51.2 Å². The van der Waals surface area contributed by atoms with Crippen molar-refractivity contribution in [2.45, 2.75) is 91.0 Å².